The Balaban J connectivity index is 3.03. The van der Waals surface area contributed by atoms with Gasteiger partial charge in [0.2, 0.25) is 5.82 Å². The number of halogens is 2. The molecule has 18 heavy (non-hydrogen) atoms. The Morgan fingerprint density at radius 2 is 2.06 bits per heavy atom. The number of anilines is 1. The van der Waals surface area contributed by atoms with Gasteiger partial charge in [-0.2, -0.15) is 4.39 Å². The summed E-state index contributed by atoms with van der Waals surface area (Å²) in [6.45, 7) is 2.35. The molecule has 0 aliphatic carbocycles. The van der Waals surface area contributed by atoms with Gasteiger partial charge < -0.3 is 10.2 Å². The van der Waals surface area contributed by atoms with Crippen molar-refractivity contribution in [3.05, 3.63) is 33.9 Å². The van der Waals surface area contributed by atoms with Crippen molar-refractivity contribution in [1.82, 2.24) is 4.90 Å². The molecule has 0 spiro atoms. The van der Waals surface area contributed by atoms with E-state index in [1.807, 2.05) is 19.0 Å². The SMILES string of the molecule is CC(CN(C)C)Nc1cc(F)cc(F)c1[N+](=O)[O-]. The first kappa shape index (κ1) is 14.3. The molecule has 1 aromatic rings. The molecule has 1 N–H and O–H groups in total. The van der Waals surface area contributed by atoms with Gasteiger partial charge >= 0.3 is 5.69 Å². The molecule has 0 saturated carbocycles. The molecular weight excluding hydrogens is 244 g/mol. The van der Waals surface area contributed by atoms with Gasteiger partial charge in [0.15, 0.2) is 0 Å². The maximum Gasteiger partial charge on any atom is 0.327 e. The minimum absolute atomic E-state index is 0.146. The fraction of sp³-hybridized carbons (Fsp3) is 0.455. The Kier molecular flexibility index (Phi) is 4.55. The van der Waals surface area contributed by atoms with Gasteiger partial charge in [0.05, 0.1) is 4.92 Å². The van der Waals surface area contributed by atoms with Gasteiger partial charge in [-0.1, -0.05) is 0 Å². The van der Waals surface area contributed by atoms with Crippen LogP contribution in [0.1, 0.15) is 6.92 Å². The molecule has 0 aliphatic heterocycles. The molecule has 5 nitrogen and oxygen atoms in total. The van der Waals surface area contributed by atoms with Crippen molar-refractivity contribution < 1.29 is 13.7 Å². The third kappa shape index (κ3) is 3.63. The number of benzene rings is 1. The number of hydrogen-bond donors (Lipinski definition) is 1. The van der Waals surface area contributed by atoms with Crippen LogP contribution in [0.4, 0.5) is 20.2 Å². The Bertz CT molecular complexity index is 452. The van der Waals surface area contributed by atoms with Crippen molar-refractivity contribution in [2.24, 2.45) is 0 Å². The van der Waals surface area contributed by atoms with Crippen LogP contribution in [0.5, 0.6) is 0 Å². The quantitative estimate of drug-likeness (QED) is 0.650. The molecule has 0 saturated heterocycles. The van der Waals surface area contributed by atoms with E-state index in [9.17, 15) is 18.9 Å². The highest BCUT2D eigenvalue weighted by molar-refractivity contribution is 5.62. The van der Waals surface area contributed by atoms with E-state index in [2.05, 4.69) is 5.32 Å². The lowest BCUT2D eigenvalue weighted by atomic mass is 10.2. The molecule has 1 rings (SSSR count). The summed E-state index contributed by atoms with van der Waals surface area (Å²) in [7, 11) is 3.66. The lowest BCUT2D eigenvalue weighted by molar-refractivity contribution is -0.386. The van der Waals surface area contributed by atoms with Crippen LogP contribution < -0.4 is 5.32 Å². The van der Waals surface area contributed by atoms with Crippen LogP contribution in [0.3, 0.4) is 0 Å². The van der Waals surface area contributed by atoms with E-state index in [1.54, 1.807) is 6.92 Å². The average Bonchev–Trinajstić information content (AvgIpc) is 2.12. The van der Waals surface area contributed by atoms with Crippen LogP contribution in [0, 0.1) is 21.7 Å². The minimum atomic E-state index is -1.18. The average molecular weight is 259 g/mol. The first-order chi connectivity index (χ1) is 8.31. The predicted molar refractivity (Wildman–Crippen MR) is 64.7 cm³/mol. The number of nitrogens with zero attached hydrogens (tertiary/aromatic N) is 2. The van der Waals surface area contributed by atoms with Gasteiger partial charge in [-0.3, -0.25) is 10.1 Å². The summed E-state index contributed by atoms with van der Waals surface area (Å²) >= 11 is 0. The van der Waals surface area contributed by atoms with E-state index in [-0.39, 0.29) is 11.7 Å². The van der Waals surface area contributed by atoms with Gasteiger partial charge in [0.25, 0.3) is 0 Å². The Labute approximate surface area is 104 Å². The van der Waals surface area contributed by atoms with Crippen molar-refractivity contribution >= 4 is 11.4 Å². The molecule has 0 amide bonds. The first-order valence-electron chi connectivity index (χ1n) is 5.36. The van der Waals surface area contributed by atoms with Crippen molar-refractivity contribution in [3.63, 3.8) is 0 Å². The number of nitro benzene ring substituents is 1. The highest BCUT2D eigenvalue weighted by atomic mass is 19.1. The molecule has 0 fully saturated rings. The standard InChI is InChI=1S/C11H15F2N3O2/c1-7(6-15(2)3)14-10-5-8(12)4-9(13)11(10)16(17)18/h4-5,7,14H,6H2,1-3H3. The Morgan fingerprint density at radius 3 is 2.56 bits per heavy atom. The van der Waals surface area contributed by atoms with Gasteiger partial charge in [-0.25, -0.2) is 4.39 Å². The van der Waals surface area contributed by atoms with E-state index in [0.29, 0.717) is 12.6 Å². The summed E-state index contributed by atoms with van der Waals surface area (Å²) < 4.78 is 26.4. The van der Waals surface area contributed by atoms with Crippen molar-refractivity contribution in [2.45, 2.75) is 13.0 Å². The molecule has 0 aromatic heterocycles. The van der Waals surface area contributed by atoms with Crippen LogP contribution in [0.2, 0.25) is 0 Å². The van der Waals surface area contributed by atoms with Crippen LogP contribution in [0.15, 0.2) is 12.1 Å². The highest BCUT2D eigenvalue weighted by Crippen LogP contribution is 2.29. The molecule has 0 radical (unpaired) electrons. The van der Waals surface area contributed by atoms with Crippen LogP contribution >= 0.6 is 0 Å². The molecular formula is C11H15F2N3O2. The van der Waals surface area contributed by atoms with E-state index in [1.165, 1.54) is 0 Å². The van der Waals surface area contributed by atoms with Crippen molar-refractivity contribution in [2.75, 3.05) is 26.0 Å². The highest BCUT2D eigenvalue weighted by Gasteiger charge is 2.23. The summed E-state index contributed by atoms with van der Waals surface area (Å²) in [6.07, 6.45) is 0. The number of hydrogen-bond acceptors (Lipinski definition) is 4. The summed E-state index contributed by atoms with van der Waals surface area (Å²) in [5.41, 5.74) is -0.881. The fourth-order valence-corrected chi connectivity index (χ4v) is 1.72. The number of nitrogens with one attached hydrogen (secondary N) is 1. The summed E-state index contributed by atoms with van der Waals surface area (Å²) in [5.74, 6) is -2.03. The largest absolute Gasteiger partial charge is 0.376 e. The normalized spacial score (nSPS) is 12.6. The second-order valence-electron chi connectivity index (χ2n) is 4.35. The van der Waals surface area contributed by atoms with Gasteiger partial charge in [0, 0.05) is 24.7 Å². The monoisotopic (exact) mass is 259 g/mol. The molecule has 0 bridgehead atoms. The molecule has 1 unspecified atom stereocenters. The number of likely N-dealkylation sites (N-methyl/N-ethyl adjacent to an activating group) is 1. The zero-order valence-corrected chi connectivity index (χ0v) is 10.4. The maximum atomic E-state index is 13.3. The first-order valence-corrected chi connectivity index (χ1v) is 5.36. The minimum Gasteiger partial charge on any atom is -0.376 e. The third-order valence-corrected chi connectivity index (χ3v) is 2.25. The van der Waals surface area contributed by atoms with E-state index < -0.39 is 22.2 Å². The molecule has 0 heterocycles. The van der Waals surface area contributed by atoms with Gasteiger partial charge in [-0.05, 0) is 21.0 Å². The smallest absolute Gasteiger partial charge is 0.327 e. The third-order valence-electron chi connectivity index (χ3n) is 2.25. The Morgan fingerprint density at radius 1 is 1.44 bits per heavy atom. The Hall–Kier alpha value is -1.76. The topological polar surface area (TPSA) is 58.4 Å². The fourth-order valence-electron chi connectivity index (χ4n) is 1.72. The zero-order chi connectivity index (χ0) is 13.9. The lowest BCUT2D eigenvalue weighted by Crippen LogP contribution is -2.30. The molecule has 1 atom stereocenters. The second kappa shape index (κ2) is 5.72. The molecule has 0 aliphatic rings. The van der Waals surface area contributed by atoms with E-state index >= 15 is 0 Å². The zero-order valence-electron chi connectivity index (χ0n) is 10.4. The number of rotatable bonds is 5. The van der Waals surface area contributed by atoms with Crippen LogP contribution in [-0.2, 0) is 0 Å². The lowest BCUT2D eigenvalue weighted by Gasteiger charge is -2.19. The van der Waals surface area contributed by atoms with Crippen LogP contribution in [-0.4, -0.2) is 36.5 Å². The predicted octanol–water partition coefficient (Wildman–Crippen LogP) is 2.24. The van der Waals surface area contributed by atoms with Crippen LogP contribution in [0.25, 0.3) is 0 Å². The van der Waals surface area contributed by atoms with Gasteiger partial charge in [-0.15, -0.1) is 0 Å². The maximum absolute atomic E-state index is 13.3. The van der Waals surface area contributed by atoms with E-state index in [0.717, 1.165) is 6.07 Å². The van der Waals surface area contributed by atoms with Crippen molar-refractivity contribution in [1.29, 1.82) is 0 Å². The van der Waals surface area contributed by atoms with Gasteiger partial charge in [0.1, 0.15) is 11.5 Å². The molecule has 1 aromatic carbocycles. The summed E-state index contributed by atoms with van der Waals surface area (Å²) in [5, 5.41) is 13.5. The summed E-state index contributed by atoms with van der Waals surface area (Å²) in [6, 6.07) is 1.24. The van der Waals surface area contributed by atoms with E-state index in [4.69, 9.17) is 0 Å². The second-order valence-corrected chi connectivity index (χ2v) is 4.35. The number of nitro groups is 1. The molecule has 7 heteroatoms. The molecule has 100 valence electrons. The van der Waals surface area contributed by atoms with Crippen molar-refractivity contribution in [3.8, 4) is 0 Å². The summed E-state index contributed by atoms with van der Waals surface area (Å²) in [4.78, 5) is 11.7.